The Morgan fingerprint density at radius 3 is 2.79 bits per heavy atom. The monoisotopic (exact) mass is 320 g/mol. The molecule has 24 heavy (non-hydrogen) atoms. The SMILES string of the molecule is CON=Cc1cccc(-c2ccccc2NC(=O)c2ccco2)c1. The van der Waals surface area contributed by atoms with Gasteiger partial charge in [-0.15, -0.1) is 0 Å². The van der Waals surface area contributed by atoms with Crippen molar-refractivity contribution in [1.82, 2.24) is 0 Å². The van der Waals surface area contributed by atoms with Crippen molar-refractivity contribution < 1.29 is 14.0 Å². The van der Waals surface area contributed by atoms with E-state index in [0.717, 1.165) is 16.7 Å². The van der Waals surface area contributed by atoms with E-state index in [0.29, 0.717) is 5.69 Å². The van der Waals surface area contributed by atoms with Crippen molar-refractivity contribution in [3.8, 4) is 11.1 Å². The lowest BCUT2D eigenvalue weighted by Gasteiger charge is -2.11. The van der Waals surface area contributed by atoms with Crippen LogP contribution in [0.1, 0.15) is 16.1 Å². The zero-order valence-electron chi connectivity index (χ0n) is 13.1. The van der Waals surface area contributed by atoms with Gasteiger partial charge in [0.2, 0.25) is 0 Å². The van der Waals surface area contributed by atoms with Crippen LogP contribution in [-0.4, -0.2) is 19.2 Å². The highest BCUT2D eigenvalue weighted by molar-refractivity contribution is 6.04. The molecule has 0 radical (unpaired) electrons. The van der Waals surface area contributed by atoms with E-state index in [-0.39, 0.29) is 11.7 Å². The fourth-order valence-electron chi connectivity index (χ4n) is 2.34. The average molecular weight is 320 g/mol. The number of para-hydroxylation sites is 1. The van der Waals surface area contributed by atoms with Gasteiger partial charge in [0.05, 0.1) is 12.5 Å². The Balaban J connectivity index is 1.92. The second kappa shape index (κ2) is 7.28. The predicted molar refractivity (Wildman–Crippen MR) is 93.1 cm³/mol. The molecule has 5 nitrogen and oxygen atoms in total. The van der Waals surface area contributed by atoms with Crippen LogP contribution in [0.5, 0.6) is 0 Å². The third kappa shape index (κ3) is 3.52. The minimum absolute atomic E-state index is 0.269. The van der Waals surface area contributed by atoms with E-state index < -0.39 is 0 Å². The van der Waals surface area contributed by atoms with E-state index in [2.05, 4.69) is 10.5 Å². The molecule has 5 heteroatoms. The van der Waals surface area contributed by atoms with Gasteiger partial charge in [0.1, 0.15) is 7.11 Å². The van der Waals surface area contributed by atoms with Crippen LogP contribution in [0.25, 0.3) is 11.1 Å². The molecule has 2 aromatic carbocycles. The van der Waals surface area contributed by atoms with E-state index in [4.69, 9.17) is 9.25 Å². The Morgan fingerprint density at radius 2 is 2.00 bits per heavy atom. The van der Waals surface area contributed by atoms with Gasteiger partial charge in [-0.3, -0.25) is 4.79 Å². The second-order valence-electron chi connectivity index (χ2n) is 5.02. The van der Waals surface area contributed by atoms with Crippen LogP contribution < -0.4 is 5.32 Å². The Hall–Kier alpha value is -3.34. The summed E-state index contributed by atoms with van der Waals surface area (Å²) in [5.41, 5.74) is 3.48. The van der Waals surface area contributed by atoms with Crippen molar-refractivity contribution in [1.29, 1.82) is 0 Å². The molecule has 3 rings (SSSR count). The first kappa shape index (κ1) is 15.6. The molecule has 0 spiro atoms. The molecule has 0 saturated heterocycles. The highest BCUT2D eigenvalue weighted by atomic mass is 16.6. The van der Waals surface area contributed by atoms with Gasteiger partial charge in [-0.25, -0.2) is 0 Å². The normalized spacial score (nSPS) is 10.7. The van der Waals surface area contributed by atoms with Crippen molar-refractivity contribution in [3.63, 3.8) is 0 Å². The van der Waals surface area contributed by atoms with Gasteiger partial charge in [-0.1, -0.05) is 41.6 Å². The van der Waals surface area contributed by atoms with Gasteiger partial charge in [-0.05, 0) is 35.4 Å². The van der Waals surface area contributed by atoms with Gasteiger partial charge >= 0.3 is 0 Å². The summed E-state index contributed by atoms with van der Waals surface area (Å²) in [6.45, 7) is 0. The average Bonchev–Trinajstić information content (AvgIpc) is 3.15. The standard InChI is InChI=1S/C19H16N2O3/c1-23-20-13-14-6-4-7-15(12-14)16-8-2-3-9-17(16)21-19(22)18-10-5-11-24-18/h2-13H,1H3,(H,21,22). The molecule has 1 N–H and O–H groups in total. The lowest BCUT2D eigenvalue weighted by molar-refractivity contribution is 0.0996. The topological polar surface area (TPSA) is 63.8 Å². The zero-order chi connectivity index (χ0) is 16.8. The summed E-state index contributed by atoms with van der Waals surface area (Å²) < 4.78 is 5.13. The lowest BCUT2D eigenvalue weighted by atomic mass is 10.0. The first-order chi connectivity index (χ1) is 11.8. The quantitative estimate of drug-likeness (QED) is 0.566. The molecule has 1 aromatic heterocycles. The van der Waals surface area contributed by atoms with Crippen molar-refractivity contribution in [3.05, 3.63) is 78.3 Å². The smallest absolute Gasteiger partial charge is 0.291 e. The first-order valence-electron chi connectivity index (χ1n) is 7.39. The third-order valence-electron chi connectivity index (χ3n) is 3.43. The molecule has 0 saturated carbocycles. The van der Waals surface area contributed by atoms with Crippen molar-refractivity contribution in [2.24, 2.45) is 5.16 Å². The number of rotatable bonds is 5. The maximum absolute atomic E-state index is 12.2. The molecule has 1 amide bonds. The number of hydrogen-bond acceptors (Lipinski definition) is 4. The summed E-state index contributed by atoms with van der Waals surface area (Å²) in [5.74, 6) is -0.0182. The maximum Gasteiger partial charge on any atom is 0.291 e. The van der Waals surface area contributed by atoms with Crippen molar-refractivity contribution in [2.75, 3.05) is 12.4 Å². The minimum Gasteiger partial charge on any atom is -0.459 e. The molecular formula is C19H16N2O3. The minimum atomic E-state index is -0.287. The van der Waals surface area contributed by atoms with E-state index in [9.17, 15) is 4.79 Å². The fraction of sp³-hybridized carbons (Fsp3) is 0.0526. The molecule has 120 valence electrons. The molecule has 0 aliphatic heterocycles. The van der Waals surface area contributed by atoms with E-state index in [1.54, 1.807) is 18.3 Å². The predicted octanol–water partition coefficient (Wildman–Crippen LogP) is 4.18. The van der Waals surface area contributed by atoms with Crippen LogP contribution in [0.3, 0.4) is 0 Å². The molecule has 1 heterocycles. The highest BCUT2D eigenvalue weighted by Gasteiger charge is 2.12. The molecule has 0 unspecified atom stereocenters. The summed E-state index contributed by atoms with van der Waals surface area (Å²) in [5, 5.41) is 6.66. The number of amides is 1. The summed E-state index contributed by atoms with van der Waals surface area (Å²) in [7, 11) is 1.50. The Bertz CT molecular complexity index is 855. The molecule has 0 aliphatic carbocycles. The summed E-state index contributed by atoms with van der Waals surface area (Å²) >= 11 is 0. The van der Waals surface area contributed by atoms with Crippen LogP contribution in [0, 0.1) is 0 Å². The van der Waals surface area contributed by atoms with Gasteiger partial charge in [0, 0.05) is 11.3 Å². The largest absolute Gasteiger partial charge is 0.459 e. The highest BCUT2D eigenvalue weighted by Crippen LogP contribution is 2.28. The number of nitrogens with zero attached hydrogens (tertiary/aromatic N) is 1. The molecule has 0 bridgehead atoms. The number of carbonyl (C=O) groups is 1. The maximum atomic E-state index is 12.2. The molecular weight excluding hydrogens is 304 g/mol. The summed E-state index contributed by atoms with van der Waals surface area (Å²) in [6, 6.07) is 18.7. The van der Waals surface area contributed by atoms with E-state index in [1.807, 2.05) is 48.5 Å². The van der Waals surface area contributed by atoms with Crippen LogP contribution in [0.15, 0.2) is 76.5 Å². The number of hydrogen-bond donors (Lipinski definition) is 1. The van der Waals surface area contributed by atoms with Gasteiger partial charge in [0.15, 0.2) is 5.76 Å². The first-order valence-corrected chi connectivity index (χ1v) is 7.39. The number of benzene rings is 2. The van der Waals surface area contributed by atoms with Gasteiger partial charge in [-0.2, -0.15) is 0 Å². The number of nitrogens with one attached hydrogen (secondary N) is 1. The van der Waals surface area contributed by atoms with Gasteiger partial charge < -0.3 is 14.6 Å². The number of carbonyl (C=O) groups excluding carboxylic acids is 1. The summed E-state index contributed by atoms with van der Waals surface area (Å²) in [4.78, 5) is 16.9. The number of furan rings is 1. The van der Waals surface area contributed by atoms with Gasteiger partial charge in [0.25, 0.3) is 5.91 Å². The Kier molecular flexibility index (Phi) is 4.72. The molecule has 0 atom stereocenters. The molecule has 0 fully saturated rings. The molecule has 3 aromatic rings. The fourth-order valence-corrected chi connectivity index (χ4v) is 2.34. The Labute approximate surface area is 139 Å². The van der Waals surface area contributed by atoms with Crippen LogP contribution in [-0.2, 0) is 4.84 Å². The number of anilines is 1. The third-order valence-corrected chi connectivity index (χ3v) is 3.43. The lowest BCUT2D eigenvalue weighted by Crippen LogP contribution is -2.11. The summed E-state index contributed by atoms with van der Waals surface area (Å²) in [6.07, 6.45) is 3.10. The second-order valence-corrected chi connectivity index (χ2v) is 5.02. The van der Waals surface area contributed by atoms with E-state index in [1.165, 1.54) is 13.4 Å². The number of oxime groups is 1. The van der Waals surface area contributed by atoms with Crippen LogP contribution in [0.2, 0.25) is 0 Å². The Morgan fingerprint density at radius 1 is 1.12 bits per heavy atom. The zero-order valence-corrected chi connectivity index (χ0v) is 13.1. The van der Waals surface area contributed by atoms with Crippen LogP contribution >= 0.6 is 0 Å². The van der Waals surface area contributed by atoms with E-state index >= 15 is 0 Å². The van der Waals surface area contributed by atoms with Crippen LogP contribution in [0.4, 0.5) is 5.69 Å². The van der Waals surface area contributed by atoms with Crippen molar-refractivity contribution >= 4 is 17.8 Å². The molecule has 0 aliphatic rings. The van der Waals surface area contributed by atoms with Crippen molar-refractivity contribution in [2.45, 2.75) is 0 Å².